The minimum Gasteiger partial charge on any atom is -0.397 e. The van der Waals surface area contributed by atoms with Gasteiger partial charge >= 0.3 is 0 Å². The molecule has 7 heteroatoms. The van der Waals surface area contributed by atoms with E-state index in [0.29, 0.717) is 28.5 Å². The Labute approximate surface area is 162 Å². The van der Waals surface area contributed by atoms with E-state index in [1.54, 1.807) is 12.0 Å². The first kappa shape index (κ1) is 17.9. The summed E-state index contributed by atoms with van der Waals surface area (Å²) in [5, 5.41) is 9.19. The summed E-state index contributed by atoms with van der Waals surface area (Å²) >= 11 is 1.31. The van der Waals surface area contributed by atoms with Gasteiger partial charge in [0, 0.05) is 12.5 Å². The Bertz CT molecular complexity index is 1050. The lowest BCUT2D eigenvalue weighted by atomic mass is 9.85. The second-order valence-electron chi connectivity index (χ2n) is 7.16. The highest BCUT2D eigenvalue weighted by Gasteiger charge is 2.47. The maximum absolute atomic E-state index is 13.1. The molecule has 3 heterocycles. The Balaban J connectivity index is 1.63. The Hall–Kier alpha value is -2.51. The molecule has 0 bridgehead atoms. The normalized spacial score (nSPS) is 15.8. The van der Waals surface area contributed by atoms with E-state index >= 15 is 0 Å². The van der Waals surface area contributed by atoms with E-state index in [0.717, 1.165) is 22.2 Å². The fourth-order valence-corrected chi connectivity index (χ4v) is 4.68. The van der Waals surface area contributed by atoms with Crippen LogP contribution in [0.25, 0.3) is 10.2 Å². The second kappa shape index (κ2) is 6.28. The van der Waals surface area contributed by atoms with Crippen molar-refractivity contribution >= 4 is 33.1 Å². The zero-order valence-corrected chi connectivity index (χ0v) is 16.7. The lowest BCUT2D eigenvalue weighted by molar-refractivity contribution is -0.114. The number of methoxy groups -OCH3 is 1. The van der Waals surface area contributed by atoms with E-state index in [-0.39, 0.29) is 5.91 Å². The monoisotopic (exact) mass is 382 g/mol. The van der Waals surface area contributed by atoms with E-state index in [9.17, 15) is 4.79 Å². The van der Waals surface area contributed by atoms with Crippen molar-refractivity contribution in [1.29, 1.82) is 0 Å². The molecule has 6 nitrogen and oxygen atoms in total. The number of benzene rings is 1. The number of hydrogen-bond acceptors (Lipinski definition) is 6. The molecule has 4 rings (SSSR count). The van der Waals surface area contributed by atoms with Gasteiger partial charge in [0.1, 0.15) is 15.3 Å². The highest BCUT2D eigenvalue weighted by atomic mass is 32.1. The minimum absolute atomic E-state index is 0.0760. The van der Waals surface area contributed by atoms with Crippen molar-refractivity contribution in [1.82, 2.24) is 15.1 Å². The van der Waals surface area contributed by atoms with Crippen LogP contribution >= 0.6 is 11.3 Å². The van der Waals surface area contributed by atoms with Gasteiger partial charge < -0.3 is 15.4 Å². The lowest BCUT2D eigenvalue weighted by Gasteiger charge is -2.49. The van der Waals surface area contributed by atoms with Crippen LogP contribution in [0.4, 0.5) is 5.69 Å². The molecule has 1 aliphatic heterocycles. The van der Waals surface area contributed by atoms with Gasteiger partial charge in [0.15, 0.2) is 0 Å². The number of thiophene rings is 1. The average Bonchev–Trinajstić information content (AvgIpc) is 2.95. The quantitative estimate of drug-likeness (QED) is 0.752. The zero-order chi connectivity index (χ0) is 19.3. The number of rotatable bonds is 3. The second-order valence-corrected chi connectivity index (χ2v) is 8.16. The summed E-state index contributed by atoms with van der Waals surface area (Å²) in [5.41, 5.74) is 10.4. The molecule has 0 spiro atoms. The Morgan fingerprint density at radius 1 is 1.26 bits per heavy atom. The van der Waals surface area contributed by atoms with Gasteiger partial charge in [-0.05, 0) is 31.9 Å². The molecule has 1 aliphatic rings. The number of nitrogens with two attached hydrogens (primary N) is 1. The maximum atomic E-state index is 13.1. The molecule has 1 saturated heterocycles. The summed E-state index contributed by atoms with van der Waals surface area (Å²) < 4.78 is 5.81. The Kier molecular flexibility index (Phi) is 4.16. The highest BCUT2D eigenvalue weighted by Crippen LogP contribution is 2.40. The molecule has 0 saturated carbocycles. The number of amides is 1. The summed E-state index contributed by atoms with van der Waals surface area (Å²) in [7, 11) is 1.69. The number of carbonyl (C=O) groups is 1. The largest absolute Gasteiger partial charge is 0.397 e. The van der Waals surface area contributed by atoms with Crippen molar-refractivity contribution in [2.45, 2.75) is 26.4 Å². The fraction of sp³-hybridized carbons (Fsp3) is 0.350. The molecule has 0 atom stereocenters. The van der Waals surface area contributed by atoms with Crippen LogP contribution in [0.1, 0.15) is 32.1 Å². The first-order valence-corrected chi connectivity index (χ1v) is 9.61. The molecule has 27 heavy (non-hydrogen) atoms. The first-order chi connectivity index (χ1) is 12.9. The molecule has 0 radical (unpaired) electrons. The molecular weight excluding hydrogens is 360 g/mol. The van der Waals surface area contributed by atoms with Crippen LogP contribution in [0.3, 0.4) is 0 Å². The van der Waals surface area contributed by atoms with Crippen LogP contribution in [0.15, 0.2) is 24.3 Å². The topological polar surface area (TPSA) is 81.3 Å². The third-order valence-corrected chi connectivity index (χ3v) is 6.52. The van der Waals surface area contributed by atoms with E-state index in [4.69, 9.17) is 10.5 Å². The van der Waals surface area contributed by atoms with E-state index in [1.165, 1.54) is 16.9 Å². The van der Waals surface area contributed by atoms with Gasteiger partial charge in [-0.15, -0.1) is 16.4 Å². The van der Waals surface area contributed by atoms with Crippen LogP contribution in [-0.4, -0.2) is 41.2 Å². The molecule has 1 amide bonds. The zero-order valence-electron chi connectivity index (χ0n) is 15.9. The van der Waals surface area contributed by atoms with Crippen molar-refractivity contribution in [3.63, 3.8) is 0 Å². The number of aryl methyl sites for hydroxylation is 3. The van der Waals surface area contributed by atoms with Crippen molar-refractivity contribution in [2.24, 2.45) is 0 Å². The number of ether oxygens (including phenoxy) is 1. The number of nitrogen functional groups attached to an aromatic ring is 1. The van der Waals surface area contributed by atoms with Gasteiger partial charge in [0.05, 0.1) is 24.5 Å². The number of anilines is 1. The van der Waals surface area contributed by atoms with Crippen LogP contribution in [-0.2, 0) is 10.3 Å². The Morgan fingerprint density at radius 2 is 2.00 bits per heavy atom. The number of carbonyl (C=O) groups excluding carboxylic acids is 1. The smallest absolute Gasteiger partial charge is 0.266 e. The fourth-order valence-electron chi connectivity index (χ4n) is 3.61. The lowest BCUT2D eigenvalue weighted by Crippen LogP contribution is -2.62. The molecule has 1 fully saturated rings. The molecule has 1 aromatic carbocycles. The molecular formula is C20H22N4O2S. The van der Waals surface area contributed by atoms with Crippen LogP contribution in [0.5, 0.6) is 0 Å². The van der Waals surface area contributed by atoms with Crippen LogP contribution in [0.2, 0.25) is 0 Å². The van der Waals surface area contributed by atoms with Gasteiger partial charge in [-0.25, -0.2) is 0 Å². The summed E-state index contributed by atoms with van der Waals surface area (Å²) in [6, 6.07) is 8.23. The first-order valence-electron chi connectivity index (χ1n) is 8.80. The van der Waals surface area contributed by atoms with E-state index in [1.807, 2.05) is 26.0 Å². The van der Waals surface area contributed by atoms with Crippen molar-refractivity contribution in [3.8, 4) is 0 Å². The average molecular weight is 382 g/mol. The predicted molar refractivity (Wildman–Crippen MR) is 107 cm³/mol. The number of hydrogen-bond donors (Lipinski definition) is 1. The molecule has 2 N–H and O–H groups in total. The number of nitrogens with zero attached hydrogens (tertiary/aromatic N) is 3. The van der Waals surface area contributed by atoms with Gasteiger partial charge in [-0.3, -0.25) is 4.79 Å². The molecule has 3 aromatic rings. The van der Waals surface area contributed by atoms with E-state index < -0.39 is 5.60 Å². The SMILES string of the molecule is COC1(c2cccc(C)c2)CN(C(=O)c2sc3nnc(C)c(C)c3c2N)C1. The van der Waals surface area contributed by atoms with Crippen molar-refractivity contribution in [2.75, 3.05) is 25.9 Å². The van der Waals surface area contributed by atoms with Gasteiger partial charge in [-0.2, -0.15) is 5.10 Å². The molecule has 0 aliphatic carbocycles. The standard InChI is InChI=1S/C20H22N4O2S/c1-11-6-5-7-14(8-11)20(26-4)9-24(10-20)19(25)17-16(21)15-12(2)13(3)22-23-18(15)27-17/h5-8H,9-10,21H2,1-4H3. The van der Waals surface area contributed by atoms with Gasteiger partial charge in [0.25, 0.3) is 5.91 Å². The van der Waals surface area contributed by atoms with Crippen LogP contribution in [0, 0.1) is 20.8 Å². The van der Waals surface area contributed by atoms with Gasteiger partial charge in [-0.1, -0.05) is 29.8 Å². The molecule has 140 valence electrons. The van der Waals surface area contributed by atoms with Gasteiger partial charge in [0.2, 0.25) is 0 Å². The van der Waals surface area contributed by atoms with Crippen molar-refractivity contribution < 1.29 is 9.53 Å². The third-order valence-electron chi connectivity index (χ3n) is 5.44. The number of aromatic nitrogens is 2. The van der Waals surface area contributed by atoms with Crippen LogP contribution < -0.4 is 5.73 Å². The Morgan fingerprint density at radius 3 is 2.67 bits per heavy atom. The number of likely N-dealkylation sites (tertiary alicyclic amines) is 1. The summed E-state index contributed by atoms with van der Waals surface area (Å²) in [4.78, 5) is 16.1. The van der Waals surface area contributed by atoms with Crippen molar-refractivity contribution in [3.05, 3.63) is 51.5 Å². The highest BCUT2D eigenvalue weighted by molar-refractivity contribution is 7.21. The molecule has 0 unspecified atom stereocenters. The minimum atomic E-state index is -0.459. The summed E-state index contributed by atoms with van der Waals surface area (Å²) in [5.74, 6) is -0.0760. The summed E-state index contributed by atoms with van der Waals surface area (Å²) in [6.45, 7) is 6.91. The maximum Gasteiger partial charge on any atom is 0.266 e. The molecule has 2 aromatic heterocycles. The predicted octanol–water partition coefficient (Wildman–Crippen LogP) is 3.20. The third kappa shape index (κ3) is 2.69. The number of fused-ring (bicyclic) bond motifs is 1. The summed E-state index contributed by atoms with van der Waals surface area (Å²) in [6.07, 6.45) is 0. The van der Waals surface area contributed by atoms with E-state index in [2.05, 4.69) is 29.3 Å².